The number of carboxylic acids is 1. The van der Waals surface area contributed by atoms with Crippen molar-refractivity contribution in [3.05, 3.63) is 36.5 Å². The molecule has 0 radical (unpaired) electrons. The molecule has 8 heteroatoms. The molecule has 8 nitrogen and oxygen atoms in total. The summed E-state index contributed by atoms with van der Waals surface area (Å²) in [5.74, 6) is -1.51. The van der Waals surface area contributed by atoms with Crippen LogP contribution in [0.4, 0.5) is 0 Å². The van der Waals surface area contributed by atoms with Crippen LogP contribution in [0.25, 0.3) is 0 Å². The fraction of sp³-hybridized carbons (Fsp3) is 0.775. The molecule has 48 heavy (non-hydrogen) atoms. The second-order valence-electron chi connectivity index (χ2n) is 13.8. The van der Waals surface area contributed by atoms with Crippen molar-refractivity contribution >= 4 is 17.9 Å². The maximum Gasteiger partial charge on any atom is 0.362 e. The van der Waals surface area contributed by atoms with Gasteiger partial charge in [-0.2, -0.15) is 0 Å². The molecular weight excluding hydrogens is 606 g/mol. The molecule has 0 rings (SSSR count). The zero-order chi connectivity index (χ0) is 35.7. The minimum Gasteiger partial charge on any atom is -0.477 e. The van der Waals surface area contributed by atoms with Crippen LogP contribution in [-0.2, 0) is 28.6 Å². The lowest BCUT2D eigenvalue weighted by Crippen LogP contribution is -2.50. The average molecular weight is 679 g/mol. The van der Waals surface area contributed by atoms with Crippen LogP contribution in [0, 0.1) is 0 Å². The minimum absolute atomic E-state index is 0.0507. The Balaban J connectivity index is 4.48. The Hall–Kier alpha value is -2.45. The maximum atomic E-state index is 12.6. The number of allylic oxidation sites excluding steroid dienone is 6. The van der Waals surface area contributed by atoms with E-state index >= 15 is 0 Å². The van der Waals surface area contributed by atoms with Crippen LogP contribution in [0.2, 0.25) is 0 Å². The van der Waals surface area contributed by atoms with Crippen LogP contribution >= 0.6 is 0 Å². The van der Waals surface area contributed by atoms with E-state index in [1.807, 2.05) is 21.1 Å². The van der Waals surface area contributed by atoms with Crippen molar-refractivity contribution < 1.29 is 38.2 Å². The van der Waals surface area contributed by atoms with Gasteiger partial charge in [-0.25, -0.2) is 4.79 Å². The van der Waals surface area contributed by atoms with Gasteiger partial charge < -0.3 is 23.8 Å². The van der Waals surface area contributed by atoms with E-state index in [1.165, 1.54) is 51.4 Å². The van der Waals surface area contributed by atoms with E-state index in [0.717, 1.165) is 64.2 Å². The summed E-state index contributed by atoms with van der Waals surface area (Å²) < 4.78 is 17.2. The smallest absolute Gasteiger partial charge is 0.362 e. The van der Waals surface area contributed by atoms with Crippen LogP contribution in [0.5, 0.6) is 0 Å². The van der Waals surface area contributed by atoms with Gasteiger partial charge in [0.25, 0.3) is 0 Å². The van der Waals surface area contributed by atoms with Crippen LogP contribution in [0.1, 0.15) is 149 Å². The number of carbonyl (C=O) groups excluding carboxylic acids is 2. The molecule has 0 aromatic heterocycles. The fourth-order valence-electron chi connectivity index (χ4n) is 5.34. The summed E-state index contributed by atoms with van der Waals surface area (Å²) >= 11 is 0. The van der Waals surface area contributed by atoms with Crippen LogP contribution in [-0.4, -0.2) is 80.6 Å². The van der Waals surface area contributed by atoms with E-state index in [0.29, 0.717) is 19.3 Å². The van der Waals surface area contributed by atoms with Crippen molar-refractivity contribution in [3.8, 4) is 0 Å². The van der Waals surface area contributed by atoms with Gasteiger partial charge in [0.2, 0.25) is 0 Å². The monoisotopic (exact) mass is 679 g/mol. The lowest BCUT2D eigenvalue weighted by atomic mass is 10.1. The molecule has 0 bridgehead atoms. The standard InChI is InChI=1S/C40H71NO7/c1-6-8-10-12-14-16-18-19-21-23-25-27-29-31-39(43)48-36(34-46-33-32-37(40(44)45)41(3,4)5)35-47-38(42)30-28-26-24-22-20-17-15-13-11-9-7-2/h8,10,14,16,19,21,36-37H,6-7,9,11-13,15,17-18,20,22-35H2,1-5H3/p+1/b10-8-,16-14-,21-19-. The predicted octanol–water partition coefficient (Wildman–Crippen LogP) is 9.52. The Morgan fingerprint density at radius 1 is 0.646 bits per heavy atom. The number of quaternary nitrogens is 1. The Morgan fingerprint density at radius 3 is 1.73 bits per heavy atom. The summed E-state index contributed by atoms with van der Waals surface area (Å²) in [6, 6.07) is -0.617. The second kappa shape index (κ2) is 31.8. The van der Waals surface area contributed by atoms with Gasteiger partial charge in [0.1, 0.15) is 6.61 Å². The quantitative estimate of drug-likeness (QED) is 0.0319. The van der Waals surface area contributed by atoms with Crippen molar-refractivity contribution in [1.29, 1.82) is 0 Å². The number of rotatable bonds is 33. The molecule has 0 aliphatic carbocycles. The number of likely N-dealkylation sites (N-methyl/N-ethyl adjacent to an activating group) is 1. The van der Waals surface area contributed by atoms with Gasteiger partial charge in [0.05, 0.1) is 34.4 Å². The number of aliphatic carboxylic acids is 1. The molecule has 2 unspecified atom stereocenters. The number of hydrogen-bond donors (Lipinski definition) is 1. The summed E-state index contributed by atoms with van der Waals surface area (Å²) in [4.78, 5) is 36.7. The number of hydrogen-bond acceptors (Lipinski definition) is 6. The van der Waals surface area contributed by atoms with E-state index < -0.39 is 18.1 Å². The van der Waals surface area contributed by atoms with Crippen molar-refractivity contribution in [1.82, 2.24) is 0 Å². The summed E-state index contributed by atoms with van der Waals surface area (Å²) in [5.41, 5.74) is 0. The van der Waals surface area contributed by atoms with Gasteiger partial charge in [0, 0.05) is 19.3 Å². The summed E-state index contributed by atoms with van der Waals surface area (Å²) in [5, 5.41) is 9.57. The van der Waals surface area contributed by atoms with Crippen molar-refractivity contribution in [3.63, 3.8) is 0 Å². The van der Waals surface area contributed by atoms with Crippen molar-refractivity contribution in [2.75, 3.05) is 41.0 Å². The van der Waals surface area contributed by atoms with E-state index in [9.17, 15) is 19.5 Å². The van der Waals surface area contributed by atoms with Crippen molar-refractivity contribution in [2.24, 2.45) is 0 Å². The molecule has 0 saturated carbocycles. The van der Waals surface area contributed by atoms with Crippen molar-refractivity contribution in [2.45, 2.75) is 161 Å². The molecule has 0 heterocycles. The lowest BCUT2D eigenvalue weighted by molar-refractivity contribution is -0.887. The molecule has 0 fully saturated rings. The highest BCUT2D eigenvalue weighted by atomic mass is 16.6. The summed E-state index contributed by atoms with van der Waals surface area (Å²) in [7, 11) is 5.50. The largest absolute Gasteiger partial charge is 0.477 e. The molecule has 0 aromatic rings. The van der Waals surface area contributed by atoms with E-state index in [-0.39, 0.29) is 36.2 Å². The molecular formula is C40H72NO7+. The third-order valence-electron chi connectivity index (χ3n) is 8.30. The van der Waals surface area contributed by atoms with Crippen LogP contribution < -0.4 is 0 Å². The van der Waals surface area contributed by atoms with E-state index in [2.05, 4.69) is 50.3 Å². The van der Waals surface area contributed by atoms with Gasteiger partial charge in [-0.05, 0) is 44.9 Å². The molecule has 1 N–H and O–H groups in total. The maximum absolute atomic E-state index is 12.6. The van der Waals surface area contributed by atoms with E-state index in [4.69, 9.17) is 14.2 Å². The molecule has 0 spiro atoms. The summed E-state index contributed by atoms with van der Waals surface area (Å²) in [6.07, 6.45) is 33.3. The van der Waals surface area contributed by atoms with Gasteiger partial charge in [0.15, 0.2) is 12.1 Å². The highest BCUT2D eigenvalue weighted by Gasteiger charge is 2.31. The molecule has 278 valence electrons. The predicted molar refractivity (Wildman–Crippen MR) is 197 cm³/mol. The average Bonchev–Trinajstić information content (AvgIpc) is 3.03. The highest BCUT2D eigenvalue weighted by Crippen LogP contribution is 2.13. The SMILES string of the molecule is CC/C=C\C/C=C\C/C=C\CCCCCC(=O)OC(COCCC(C(=O)O)[N+](C)(C)C)COC(=O)CCCCCCCCCCCCC. The first-order valence-corrected chi connectivity index (χ1v) is 19.0. The molecule has 0 aliphatic heterocycles. The third kappa shape index (κ3) is 29.7. The number of carbonyl (C=O) groups is 3. The number of nitrogens with zero attached hydrogens (tertiary/aromatic N) is 1. The Kier molecular flexibility index (Phi) is 30.2. The Morgan fingerprint density at radius 2 is 1.17 bits per heavy atom. The van der Waals surface area contributed by atoms with E-state index in [1.54, 1.807) is 0 Å². The number of ether oxygens (including phenoxy) is 3. The van der Waals surface area contributed by atoms with Gasteiger partial charge in [-0.3, -0.25) is 9.59 Å². The fourth-order valence-corrected chi connectivity index (χ4v) is 5.34. The van der Waals surface area contributed by atoms with Gasteiger partial charge >= 0.3 is 17.9 Å². The minimum atomic E-state index is -0.881. The molecule has 2 atom stereocenters. The first-order chi connectivity index (χ1) is 23.1. The third-order valence-corrected chi connectivity index (χ3v) is 8.30. The topological polar surface area (TPSA) is 99.1 Å². The number of carboxylic acid groups (broad SMARTS) is 1. The van der Waals surface area contributed by atoms with Crippen LogP contribution in [0.15, 0.2) is 36.5 Å². The molecule has 0 aliphatic rings. The number of esters is 2. The number of unbranched alkanes of at least 4 members (excludes halogenated alkanes) is 13. The molecule has 0 amide bonds. The highest BCUT2D eigenvalue weighted by molar-refractivity contribution is 5.72. The zero-order valence-electron chi connectivity index (χ0n) is 31.4. The Bertz CT molecular complexity index is 891. The lowest BCUT2D eigenvalue weighted by Gasteiger charge is -2.31. The Labute approximate surface area is 293 Å². The molecule has 0 saturated heterocycles. The summed E-state index contributed by atoms with van der Waals surface area (Å²) in [6.45, 7) is 4.56. The van der Waals surface area contributed by atoms with Crippen LogP contribution in [0.3, 0.4) is 0 Å². The molecule has 0 aromatic carbocycles. The zero-order valence-corrected chi connectivity index (χ0v) is 31.4. The van der Waals surface area contributed by atoms with Gasteiger partial charge in [-0.15, -0.1) is 0 Å². The first-order valence-electron chi connectivity index (χ1n) is 19.0. The normalized spacial score (nSPS) is 13.4. The second-order valence-corrected chi connectivity index (χ2v) is 13.8. The van der Waals surface area contributed by atoms with Gasteiger partial charge in [-0.1, -0.05) is 121 Å². The first kappa shape index (κ1) is 45.6.